The molecule has 6 nitrogen and oxygen atoms in total. The first-order valence-electron chi connectivity index (χ1n) is 4.65. The molecule has 0 aliphatic carbocycles. The van der Waals surface area contributed by atoms with E-state index < -0.39 is 6.23 Å². The van der Waals surface area contributed by atoms with Crippen LogP contribution in [-0.4, -0.2) is 32.5 Å². The molecule has 0 aliphatic rings. The average Bonchev–Trinajstić information content (AvgIpc) is 2.57. The second kappa shape index (κ2) is 3.84. The van der Waals surface area contributed by atoms with Crippen molar-refractivity contribution in [2.24, 2.45) is 5.73 Å². The minimum absolute atomic E-state index is 0.275. The Morgan fingerprint density at radius 1 is 1.67 bits per heavy atom. The maximum absolute atomic E-state index is 8.95. The van der Waals surface area contributed by atoms with Gasteiger partial charge in [0.05, 0.1) is 12.7 Å². The maximum atomic E-state index is 8.95. The molecule has 1 unspecified atom stereocenters. The summed E-state index contributed by atoms with van der Waals surface area (Å²) in [5, 5.41) is 16.0. The van der Waals surface area contributed by atoms with Crippen LogP contribution >= 0.6 is 0 Å². The van der Waals surface area contributed by atoms with Crippen LogP contribution in [0.5, 0.6) is 0 Å². The Morgan fingerprint density at radius 3 is 3.20 bits per heavy atom. The van der Waals surface area contributed by atoms with Gasteiger partial charge in [0, 0.05) is 11.9 Å². The molecule has 2 rings (SSSR count). The van der Waals surface area contributed by atoms with E-state index in [1.807, 2.05) is 19.2 Å². The van der Waals surface area contributed by atoms with Gasteiger partial charge in [-0.05, 0) is 13.0 Å². The van der Waals surface area contributed by atoms with Crippen LogP contribution in [0.25, 0.3) is 5.65 Å². The van der Waals surface area contributed by atoms with Crippen molar-refractivity contribution in [1.29, 1.82) is 0 Å². The van der Waals surface area contributed by atoms with E-state index >= 15 is 0 Å². The summed E-state index contributed by atoms with van der Waals surface area (Å²) in [7, 11) is 0. The zero-order valence-electron chi connectivity index (χ0n) is 8.38. The van der Waals surface area contributed by atoms with Crippen molar-refractivity contribution in [3.05, 3.63) is 24.2 Å². The fraction of sp³-hybridized carbons (Fsp3) is 0.333. The van der Waals surface area contributed by atoms with Crippen molar-refractivity contribution in [3.8, 4) is 0 Å². The Hall–Kier alpha value is -1.66. The Balaban J connectivity index is 2.31. The molecule has 0 aromatic carbocycles. The minimum atomic E-state index is -0.884. The first-order valence-corrected chi connectivity index (χ1v) is 4.65. The number of hydrogen-bond acceptors (Lipinski definition) is 5. The van der Waals surface area contributed by atoms with E-state index in [9.17, 15) is 0 Å². The Kier molecular flexibility index (Phi) is 2.53. The van der Waals surface area contributed by atoms with Gasteiger partial charge in [0.15, 0.2) is 5.65 Å². The molecular weight excluding hydrogens is 194 g/mol. The van der Waals surface area contributed by atoms with Crippen LogP contribution in [-0.2, 0) is 0 Å². The number of nitrogens with two attached hydrogens (primary N) is 1. The van der Waals surface area contributed by atoms with Crippen LogP contribution in [0.3, 0.4) is 0 Å². The number of fused-ring (bicyclic) bond motifs is 1. The van der Waals surface area contributed by atoms with Crippen molar-refractivity contribution in [3.63, 3.8) is 0 Å². The molecule has 0 spiro atoms. The van der Waals surface area contributed by atoms with E-state index in [1.165, 1.54) is 0 Å². The van der Waals surface area contributed by atoms with Crippen molar-refractivity contribution < 1.29 is 5.11 Å². The van der Waals surface area contributed by atoms with E-state index in [4.69, 9.17) is 10.8 Å². The van der Waals surface area contributed by atoms with Gasteiger partial charge in [0.2, 0.25) is 0 Å². The van der Waals surface area contributed by atoms with Crippen molar-refractivity contribution in [2.75, 3.05) is 11.9 Å². The number of nitrogens with one attached hydrogen (secondary N) is 1. The molecule has 0 aliphatic heterocycles. The summed E-state index contributed by atoms with van der Waals surface area (Å²) in [6.45, 7) is 2.19. The highest BCUT2D eigenvalue weighted by molar-refractivity contribution is 5.66. The molecule has 0 amide bonds. The summed E-state index contributed by atoms with van der Waals surface area (Å²) in [5.41, 5.74) is 7.64. The highest BCUT2D eigenvalue weighted by Gasteiger charge is 2.05. The van der Waals surface area contributed by atoms with Crippen LogP contribution in [0.15, 0.2) is 18.5 Å². The van der Waals surface area contributed by atoms with Crippen LogP contribution < -0.4 is 11.1 Å². The van der Waals surface area contributed by atoms with Gasteiger partial charge in [-0.1, -0.05) is 0 Å². The van der Waals surface area contributed by atoms with E-state index in [0.29, 0.717) is 0 Å². The van der Waals surface area contributed by atoms with Crippen LogP contribution in [0.1, 0.15) is 5.69 Å². The minimum Gasteiger partial charge on any atom is -0.377 e. The van der Waals surface area contributed by atoms with Gasteiger partial charge in [-0.2, -0.15) is 5.10 Å². The third kappa shape index (κ3) is 2.05. The normalized spacial score (nSPS) is 13.0. The van der Waals surface area contributed by atoms with Crippen molar-refractivity contribution in [2.45, 2.75) is 13.2 Å². The van der Waals surface area contributed by atoms with Crippen molar-refractivity contribution in [1.82, 2.24) is 14.6 Å². The molecule has 0 fully saturated rings. The molecular formula is C9H13N5O. The lowest BCUT2D eigenvalue weighted by Gasteiger charge is -2.06. The number of anilines is 1. The highest BCUT2D eigenvalue weighted by Crippen LogP contribution is 2.13. The van der Waals surface area contributed by atoms with Crippen LogP contribution in [0, 0.1) is 6.92 Å². The molecule has 0 saturated carbocycles. The lowest BCUT2D eigenvalue weighted by Crippen LogP contribution is -2.28. The van der Waals surface area contributed by atoms with Crippen LogP contribution in [0.4, 0.5) is 5.69 Å². The predicted molar refractivity (Wildman–Crippen MR) is 56.4 cm³/mol. The van der Waals surface area contributed by atoms with E-state index in [-0.39, 0.29) is 6.54 Å². The molecule has 4 N–H and O–H groups in total. The number of rotatable bonds is 3. The standard InChI is InChI=1S/C9H13N5O/c1-6-2-3-14-9(13-6)7(4-12-14)11-5-8(10)15/h2-4,8,11,15H,5,10H2,1H3. The number of aliphatic hydroxyl groups excluding tert-OH is 1. The fourth-order valence-electron chi connectivity index (χ4n) is 1.30. The SMILES string of the molecule is Cc1ccn2ncc(NCC(N)O)c2n1. The van der Waals surface area contributed by atoms with Crippen LogP contribution in [0.2, 0.25) is 0 Å². The van der Waals surface area contributed by atoms with Gasteiger partial charge in [0.1, 0.15) is 11.9 Å². The van der Waals surface area contributed by atoms with E-state index in [2.05, 4.69) is 15.4 Å². The first kappa shape index (κ1) is 9.88. The fourth-order valence-corrected chi connectivity index (χ4v) is 1.30. The Bertz CT molecular complexity index is 464. The number of hydrogen-bond donors (Lipinski definition) is 3. The third-order valence-corrected chi connectivity index (χ3v) is 2.01. The van der Waals surface area contributed by atoms with Crippen molar-refractivity contribution >= 4 is 11.3 Å². The average molecular weight is 207 g/mol. The monoisotopic (exact) mass is 207 g/mol. The lowest BCUT2D eigenvalue weighted by atomic mass is 10.4. The Morgan fingerprint density at radius 2 is 2.47 bits per heavy atom. The third-order valence-electron chi connectivity index (χ3n) is 2.01. The molecule has 1 atom stereocenters. The summed E-state index contributed by atoms with van der Waals surface area (Å²) in [5.74, 6) is 0. The summed E-state index contributed by atoms with van der Waals surface area (Å²) in [6.07, 6.45) is 2.61. The maximum Gasteiger partial charge on any atom is 0.178 e. The van der Waals surface area contributed by atoms with E-state index in [0.717, 1.165) is 17.0 Å². The topological polar surface area (TPSA) is 88.5 Å². The second-order valence-electron chi connectivity index (χ2n) is 3.34. The summed E-state index contributed by atoms with van der Waals surface area (Å²) in [6, 6.07) is 1.88. The number of nitrogens with zero attached hydrogens (tertiary/aromatic N) is 3. The number of aromatic nitrogens is 3. The molecule has 80 valence electrons. The number of aryl methyl sites for hydroxylation is 1. The van der Waals surface area contributed by atoms with Gasteiger partial charge in [-0.25, -0.2) is 9.50 Å². The first-order chi connectivity index (χ1) is 7.16. The summed E-state index contributed by atoms with van der Waals surface area (Å²) >= 11 is 0. The molecule has 0 bridgehead atoms. The molecule has 6 heteroatoms. The summed E-state index contributed by atoms with van der Waals surface area (Å²) in [4.78, 5) is 4.33. The molecule has 0 saturated heterocycles. The van der Waals surface area contributed by atoms with Gasteiger partial charge in [0.25, 0.3) is 0 Å². The Labute approximate surface area is 86.7 Å². The lowest BCUT2D eigenvalue weighted by molar-refractivity contribution is 0.196. The highest BCUT2D eigenvalue weighted by atomic mass is 16.3. The van der Waals surface area contributed by atoms with Gasteiger partial charge in [-0.15, -0.1) is 0 Å². The number of aliphatic hydroxyl groups is 1. The van der Waals surface area contributed by atoms with Gasteiger partial charge in [-0.3, -0.25) is 0 Å². The largest absolute Gasteiger partial charge is 0.377 e. The molecule has 15 heavy (non-hydrogen) atoms. The van der Waals surface area contributed by atoms with E-state index in [1.54, 1.807) is 10.7 Å². The molecule has 2 heterocycles. The molecule has 2 aromatic heterocycles. The molecule has 0 radical (unpaired) electrons. The van der Waals surface area contributed by atoms with Gasteiger partial charge < -0.3 is 16.2 Å². The molecule has 2 aromatic rings. The smallest absolute Gasteiger partial charge is 0.178 e. The predicted octanol–water partition coefficient (Wildman–Crippen LogP) is -0.273. The van der Waals surface area contributed by atoms with Gasteiger partial charge >= 0.3 is 0 Å². The zero-order chi connectivity index (χ0) is 10.8. The second-order valence-corrected chi connectivity index (χ2v) is 3.34. The quantitative estimate of drug-likeness (QED) is 0.603. The zero-order valence-corrected chi connectivity index (χ0v) is 8.38. The summed E-state index contributed by atoms with van der Waals surface area (Å²) < 4.78 is 1.66.